The number of rotatable bonds is 3. The molecule has 3 rings (SSSR count). The maximum Gasteiger partial charge on any atom is 0.262 e. The summed E-state index contributed by atoms with van der Waals surface area (Å²) in [7, 11) is 0. The van der Waals surface area contributed by atoms with E-state index in [1.54, 1.807) is 12.1 Å². The number of amides is 2. The van der Waals surface area contributed by atoms with Crippen molar-refractivity contribution in [3.05, 3.63) is 35.6 Å². The first-order valence-electron chi connectivity index (χ1n) is 7.76. The van der Waals surface area contributed by atoms with Crippen molar-refractivity contribution in [1.82, 2.24) is 15.1 Å². The first-order valence-corrected chi connectivity index (χ1v) is 7.76. The SMILES string of the molecule is O=C1CN(C(=O)C2CC(F)(F)CN2)CCN1Cc1cccc(F)c1. The molecule has 1 atom stereocenters. The number of piperazine rings is 1. The molecule has 0 spiro atoms. The molecule has 0 aromatic heterocycles. The molecule has 2 fully saturated rings. The summed E-state index contributed by atoms with van der Waals surface area (Å²) in [6.45, 7) is 0.182. The van der Waals surface area contributed by atoms with Gasteiger partial charge in [0.1, 0.15) is 5.82 Å². The van der Waals surface area contributed by atoms with Gasteiger partial charge in [0.25, 0.3) is 5.92 Å². The van der Waals surface area contributed by atoms with E-state index in [-0.39, 0.29) is 31.4 Å². The highest BCUT2D eigenvalue weighted by molar-refractivity contribution is 5.88. The van der Waals surface area contributed by atoms with Gasteiger partial charge in [-0.05, 0) is 17.7 Å². The minimum absolute atomic E-state index is 0.141. The number of carbonyl (C=O) groups is 2. The lowest BCUT2D eigenvalue weighted by Gasteiger charge is -2.35. The molecule has 0 aliphatic carbocycles. The van der Waals surface area contributed by atoms with Crippen LogP contribution < -0.4 is 5.32 Å². The molecule has 8 heteroatoms. The summed E-state index contributed by atoms with van der Waals surface area (Å²) in [6, 6.07) is 5.03. The molecule has 0 saturated carbocycles. The highest BCUT2D eigenvalue weighted by Crippen LogP contribution is 2.26. The van der Waals surface area contributed by atoms with E-state index < -0.39 is 30.8 Å². The fraction of sp³-hybridized carbons (Fsp3) is 0.500. The highest BCUT2D eigenvalue weighted by atomic mass is 19.3. The van der Waals surface area contributed by atoms with E-state index >= 15 is 0 Å². The molecule has 0 radical (unpaired) electrons. The van der Waals surface area contributed by atoms with Crippen molar-refractivity contribution in [2.45, 2.75) is 24.9 Å². The molecule has 1 unspecified atom stereocenters. The number of benzene rings is 1. The van der Waals surface area contributed by atoms with Gasteiger partial charge in [-0.3, -0.25) is 14.9 Å². The van der Waals surface area contributed by atoms with Crippen molar-refractivity contribution in [2.24, 2.45) is 0 Å². The molecular weight excluding hydrogens is 323 g/mol. The number of nitrogens with one attached hydrogen (secondary N) is 1. The van der Waals surface area contributed by atoms with E-state index in [2.05, 4.69) is 5.32 Å². The summed E-state index contributed by atoms with van der Waals surface area (Å²) in [5, 5.41) is 2.51. The number of hydrogen-bond acceptors (Lipinski definition) is 3. The van der Waals surface area contributed by atoms with Gasteiger partial charge in [0.2, 0.25) is 11.8 Å². The summed E-state index contributed by atoms with van der Waals surface area (Å²) in [5.41, 5.74) is 0.667. The van der Waals surface area contributed by atoms with E-state index in [0.717, 1.165) is 0 Å². The number of nitrogens with zero attached hydrogens (tertiary/aromatic N) is 2. The second-order valence-electron chi connectivity index (χ2n) is 6.20. The van der Waals surface area contributed by atoms with Crippen molar-refractivity contribution in [1.29, 1.82) is 0 Å². The van der Waals surface area contributed by atoms with Crippen LogP contribution in [0.2, 0.25) is 0 Å². The van der Waals surface area contributed by atoms with Gasteiger partial charge in [-0.25, -0.2) is 13.2 Å². The van der Waals surface area contributed by atoms with Crippen LogP contribution in [0.1, 0.15) is 12.0 Å². The van der Waals surface area contributed by atoms with Gasteiger partial charge in [0, 0.05) is 26.1 Å². The van der Waals surface area contributed by atoms with Crippen LogP contribution in [0.25, 0.3) is 0 Å². The van der Waals surface area contributed by atoms with Crippen molar-refractivity contribution in [3.8, 4) is 0 Å². The summed E-state index contributed by atoms with van der Waals surface area (Å²) < 4.78 is 39.6. The molecule has 1 N–H and O–H groups in total. The summed E-state index contributed by atoms with van der Waals surface area (Å²) in [6.07, 6.45) is -0.538. The number of hydrogen-bond donors (Lipinski definition) is 1. The van der Waals surface area contributed by atoms with Crippen LogP contribution in [0.4, 0.5) is 13.2 Å². The molecule has 2 amide bonds. The molecule has 130 valence electrons. The Hall–Kier alpha value is -2.09. The van der Waals surface area contributed by atoms with Crippen LogP contribution in [-0.4, -0.2) is 59.8 Å². The second-order valence-corrected chi connectivity index (χ2v) is 6.20. The van der Waals surface area contributed by atoms with Crippen LogP contribution in [0.5, 0.6) is 0 Å². The molecule has 24 heavy (non-hydrogen) atoms. The number of alkyl halides is 2. The lowest BCUT2D eigenvalue weighted by molar-refractivity contribution is -0.146. The third kappa shape index (κ3) is 3.69. The molecule has 2 saturated heterocycles. The minimum Gasteiger partial charge on any atom is -0.335 e. The normalized spacial score (nSPS) is 23.6. The Labute approximate surface area is 137 Å². The van der Waals surface area contributed by atoms with Crippen molar-refractivity contribution in [3.63, 3.8) is 0 Å². The molecule has 0 bridgehead atoms. The topological polar surface area (TPSA) is 52.7 Å². The molecule has 5 nitrogen and oxygen atoms in total. The molecule has 2 heterocycles. The van der Waals surface area contributed by atoms with E-state index in [1.807, 2.05) is 0 Å². The van der Waals surface area contributed by atoms with Crippen LogP contribution in [0.3, 0.4) is 0 Å². The highest BCUT2D eigenvalue weighted by Gasteiger charge is 2.44. The van der Waals surface area contributed by atoms with E-state index in [4.69, 9.17) is 0 Å². The average molecular weight is 341 g/mol. The molecule has 1 aromatic carbocycles. The largest absolute Gasteiger partial charge is 0.335 e. The zero-order valence-corrected chi connectivity index (χ0v) is 13.0. The predicted molar refractivity (Wildman–Crippen MR) is 79.8 cm³/mol. The minimum atomic E-state index is -2.89. The van der Waals surface area contributed by atoms with Crippen LogP contribution in [0.15, 0.2) is 24.3 Å². The Kier molecular flexibility index (Phi) is 4.49. The quantitative estimate of drug-likeness (QED) is 0.892. The van der Waals surface area contributed by atoms with E-state index in [0.29, 0.717) is 12.1 Å². The second kappa shape index (κ2) is 6.43. The smallest absolute Gasteiger partial charge is 0.262 e. The third-order valence-electron chi connectivity index (χ3n) is 4.30. The fourth-order valence-corrected chi connectivity index (χ4v) is 3.03. The maximum atomic E-state index is 13.2. The fourth-order valence-electron chi connectivity index (χ4n) is 3.03. The Morgan fingerprint density at radius 1 is 1.33 bits per heavy atom. The molecule has 2 aliphatic heterocycles. The van der Waals surface area contributed by atoms with Gasteiger partial charge in [0.15, 0.2) is 0 Å². The molecule has 1 aromatic rings. The summed E-state index contributed by atoms with van der Waals surface area (Å²) in [5.74, 6) is -4.00. The Balaban J connectivity index is 1.57. The standard InChI is InChI=1S/C16H18F3N3O2/c17-12-3-1-2-11(6-12)8-21-4-5-22(9-14(21)23)15(24)13-7-16(18,19)10-20-13/h1-3,6,13,20H,4-5,7-10H2. The van der Waals surface area contributed by atoms with Gasteiger partial charge < -0.3 is 9.80 Å². The Morgan fingerprint density at radius 2 is 2.12 bits per heavy atom. The number of carbonyl (C=O) groups excluding carboxylic acids is 2. The Morgan fingerprint density at radius 3 is 2.75 bits per heavy atom. The van der Waals surface area contributed by atoms with Crippen molar-refractivity contribution in [2.75, 3.05) is 26.2 Å². The van der Waals surface area contributed by atoms with E-state index in [1.165, 1.54) is 21.9 Å². The zero-order valence-electron chi connectivity index (χ0n) is 13.0. The predicted octanol–water partition coefficient (Wildman–Crippen LogP) is 0.994. The van der Waals surface area contributed by atoms with Crippen molar-refractivity contribution >= 4 is 11.8 Å². The summed E-state index contributed by atoms with van der Waals surface area (Å²) >= 11 is 0. The van der Waals surface area contributed by atoms with Crippen molar-refractivity contribution < 1.29 is 22.8 Å². The summed E-state index contributed by atoms with van der Waals surface area (Å²) in [4.78, 5) is 27.3. The Bertz CT molecular complexity index is 653. The van der Waals surface area contributed by atoms with Crippen LogP contribution in [0, 0.1) is 5.82 Å². The van der Waals surface area contributed by atoms with Gasteiger partial charge >= 0.3 is 0 Å². The lowest BCUT2D eigenvalue weighted by atomic mass is 10.1. The average Bonchev–Trinajstić information content (AvgIpc) is 2.89. The molecular formula is C16H18F3N3O2. The maximum absolute atomic E-state index is 13.2. The van der Waals surface area contributed by atoms with Crippen LogP contribution >= 0.6 is 0 Å². The molecule has 2 aliphatic rings. The third-order valence-corrected chi connectivity index (χ3v) is 4.30. The number of halogens is 3. The lowest BCUT2D eigenvalue weighted by Crippen LogP contribution is -2.55. The first kappa shape index (κ1) is 16.8. The van der Waals surface area contributed by atoms with Gasteiger partial charge in [-0.15, -0.1) is 0 Å². The van der Waals surface area contributed by atoms with E-state index in [9.17, 15) is 22.8 Å². The zero-order chi connectivity index (χ0) is 17.3. The van der Waals surface area contributed by atoms with Crippen LogP contribution in [-0.2, 0) is 16.1 Å². The van der Waals surface area contributed by atoms with Gasteiger partial charge in [0.05, 0.1) is 19.1 Å². The van der Waals surface area contributed by atoms with Gasteiger partial charge in [-0.1, -0.05) is 12.1 Å². The monoisotopic (exact) mass is 341 g/mol. The first-order chi connectivity index (χ1) is 11.3. The van der Waals surface area contributed by atoms with Gasteiger partial charge in [-0.2, -0.15) is 0 Å².